The van der Waals surface area contributed by atoms with Gasteiger partial charge < -0.3 is 0 Å². The summed E-state index contributed by atoms with van der Waals surface area (Å²) in [7, 11) is 2.06. The maximum Gasteiger partial charge on any atom is 0.0981 e. The van der Waals surface area contributed by atoms with Crippen LogP contribution in [-0.4, -0.2) is 24.0 Å². The summed E-state index contributed by atoms with van der Waals surface area (Å²) in [4.78, 5) is 2.21. The van der Waals surface area contributed by atoms with E-state index in [2.05, 4.69) is 18.0 Å². The van der Waals surface area contributed by atoms with Gasteiger partial charge in [-0.25, -0.2) is 0 Å². The molecule has 0 N–H and O–H groups in total. The van der Waals surface area contributed by atoms with Gasteiger partial charge in [-0.05, 0) is 25.8 Å². The SMILES string of the molecule is CN1[C@@H]2C[C@@H]2C[C@@H]1C#N. The molecule has 0 amide bonds. The van der Waals surface area contributed by atoms with Gasteiger partial charge in [-0.2, -0.15) is 5.26 Å². The number of rotatable bonds is 0. The van der Waals surface area contributed by atoms with E-state index in [4.69, 9.17) is 5.26 Å². The zero-order chi connectivity index (χ0) is 6.43. The summed E-state index contributed by atoms with van der Waals surface area (Å²) in [6.45, 7) is 0. The lowest BCUT2D eigenvalue weighted by molar-refractivity contribution is 0.316. The molecule has 9 heavy (non-hydrogen) atoms. The molecule has 0 aromatic carbocycles. The van der Waals surface area contributed by atoms with Gasteiger partial charge in [0.2, 0.25) is 0 Å². The van der Waals surface area contributed by atoms with Crippen molar-refractivity contribution in [1.29, 1.82) is 5.26 Å². The third kappa shape index (κ3) is 0.585. The van der Waals surface area contributed by atoms with Gasteiger partial charge in [-0.3, -0.25) is 4.90 Å². The molecule has 2 heteroatoms. The average molecular weight is 122 g/mol. The molecule has 2 fully saturated rings. The summed E-state index contributed by atoms with van der Waals surface area (Å²) in [6.07, 6.45) is 2.46. The third-order valence-electron chi connectivity index (χ3n) is 2.58. The molecule has 0 radical (unpaired) electrons. The fourth-order valence-corrected chi connectivity index (χ4v) is 1.81. The average Bonchev–Trinajstić information content (AvgIpc) is 2.55. The van der Waals surface area contributed by atoms with E-state index in [1.165, 1.54) is 6.42 Å². The van der Waals surface area contributed by atoms with Crippen LogP contribution in [0.1, 0.15) is 12.8 Å². The molecule has 0 aromatic heterocycles. The molecule has 0 aromatic rings. The maximum absolute atomic E-state index is 8.58. The minimum Gasteiger partial charge on any atom is -0.288 e. The lowest BCUT2D eigenvalue weighted by atomic mass is 10.2. The molecule has 48 valence electrons. The highest BCUT2D eigenvalue weighted by Gasteiger charge is 2.50. The van der Waals surface area contributed by atoms with Gasteiger partial charge in [-0.15, -0.1) is 0 Å². The molecule has 0 bridgehead atoms. The summed E-state index contributed by atoms with van der Waals surface area (Å²) in [5, 5.41) is 8.58. The Morgan fingerprint density at radius 1 is 1.56 bits per heavy atom. The number of hydrogen-bond donors (Lipinski definition) is 0. The fourth-order valence-electron chi connectivity index (χ4n) is 1.81. The van der Waals surface area contributed by atoms with Gasteiger partial charge in [0.1, 0.15) is 0 Å². The van der Waals surface area contributed by atoms with Crippen molar-refractivity contribution in [2.24, 2.45) is 5.92 Å². The number of likely N-dealkylation sites (tertiary alicyclic amines) is 1. The number of piperidine rings is 1. The van der Waals surface area contributed by atoms with Crippen LogP contribution < -0.4 is 0 Å². The molecule has 1 saturated carbocycles. The Bertz CT molecular complexity index is 170. The monoisotopic (exact) mass is 122 g/mol. The zero-order valence-corrected chi connectivity index (χ0v) is 5.54. The van der Waals surface area contributed by atoms with Gasteiger partial charge >= 0.3 is 0 Å². The first-order valence-electron chi connectivity index (χ1n) is 3.44. The summed E-state index contributed by atoms with van der Waals surface area (Å²) < 4.78 is 0. The van der Waals surface area contributed by atoms with Gasteiger partial charge in [0.15, 0.2) is 0 Å². The Morgan fingerprint density at radius 3 is 2.67 bits per heavy atom. The van der Waals surface area contributed by atoms with E-state index in [1.54, 1.807) is 0 Å². The van der Waals surface area contributed by atoms with Crippen molar-refractivity contribution in [1.82, 2.24) is 4.90 Å². The number of nitrogens with zero attached hydrogens (tertiary/aromatic N) is 2. The molecule has 1 aliphatic heterocycles. The van der Waals surface area contributed by atoms with Crippen molar-refractivity contribution in [3.63, 3.8) is 0 Å². The Kier molecular flexibility index (Phi) is 0.866. The topological polar surface area (TPSA) is 27.0 Å². The summed E-state index contributed by atoms with van der Waals surface area (Å²) >= 11 is 0. The van der Waals surface area contributed by atoms with Gasteiger partial charge in [0.05, 0.1) is 12.1 Å². The molecule has 2 rings (SSSR count). The predicted molar refractivity (Wildman–Crippen MR) is 33.7 cm³/mol. The summed E-state index contributed by atoms with van der Waals surface area (Å²) in [5.74, 6) is 0.875. The Balaban J connectivity index is 2.10. The first kappa shape index (κ1) is 5.25. The number of hydrogen-bond acceptors (Lipinski definition) is 2. The molecule has 2 aliphatic rings. The predicted octanol–water partition coefficient (Wildman–Crippen LogP) is 0.603. The first-order chi connectivity index (χ1) is 4.33. The maximum atomic E-state index is 8.58. The van der Waals surface area contributed by atoms with Crippen molar-refractivity contribution in [3.05, 3.63) is 0 Å². The molecule has 2 nitrogen and oxygen atoms in total. The van der Waals surface area contributed by atoms with E-state index in [9.17, 15) is 0 Å². The van der Waals surface area contributed by atoms with Crippen LogP contribution in [0.2, 0.25) is 0 Å². The molecule has 0 spiro atoms. The molecule has 1 saturated heterocycles. The third-order valence-corrected chi connectivity index (χ3v) is 2.58. The molecule has 1 aliphatic carbocycles. The van der Waals surface area contributed by atoms with E-state index < -0.39 is 0 Å². The van der Waals surface area contributed by atoms with Crippen molar-refractivity contribution >= 4 is 0 Å². The largest absolute Gasteiger partial charge is 0.288 e. The second-order valence-electron chi connectivity index (χ2n) is 3.11. The smallest absolute Gasteiger partial charge is 0.0981 e. The Morgan fingerprint density at radius 2 is 2.33 bits per heavy atom. The van der Waals surface area contributed by atoms with Crippen LogP contribution in [0.4, 0.5) is 0 Å². The second kappa shape index (κ2) is 1.48. The van der Waals surface area contributed by atoms with E-state index in [0.29, 0.717) is 0 Å². The van der Waals surface area contributed by atoms with E-state index in [1.807, 2.05) is 0 Å². The minimum atomic E-state index is 0.230. The highest BCUT2D eigenvalue weighted by atomic mass is 15.2. The first-order valence-corrected chi connectivity index (χ1v) is 3.44. The quantitative estimate of drug-likeness (QED) is 0.470. The van der Waals surface area contributed by atoms with E-state index in [0.717, 1.165) is 18.4 Å². The minimum absolute atomic E-state index is 0.230. The Labute approximate surface area is 55.1 Å². The second-order valence-corrected chi connectivity index (χ2v) is 3.11. The van der Waals surface area contributed by atoms with Crippen molar-refractivity contribution < 1.29 is 0 Å². The van der Waals surface area contributed by atoms with Gasteiger partial charge in [0, 0.05) is 6.04 Å². The summed E-state index contributed by atoms with van der Waals surface area (Å²) in [5.41, 5.74) is 0. The molecular weight excluding hydrogens is 112 g/mol. The number of fused-ring (bicyclic) bond motifs is 1. The number of nitriles is 1. The normalized spacial score (nSPS) is 48.2. The van der Waals surface area contributed by atoms with Crippen LogP contribution in [0, 0.1) is 17.2 Å². The van der Waals surface area contributed by atoms with E-state index in [-0.39, 0.29) is 6.04 Å². The van der Waals surface area contributed by atoms with Crippen LogP contribution in [0.15, 0.2) is 0 Å². The summed E-state index contributed by atoms with van der Waals surface area (Å²) in [6, 6.07) is 3.30. The van der Waals surface area contributed by atoms with Crippen LogP contribution in [-0.2, 0) is 0 Å². The van der Waals surface area contributed by atoms with Crippen LogP contribution in [0.25, 0.3) is 0 Å². The van der Waals surface area contributed by atoms with Crippen LogP contribution in [0.3, 0.4) is 0 Å². The zero-order valence-electron chi connectivity index (χ0n) is 5.54. The van der Waals surface area contributed by atoms with Gasteiger partial charge in [0.25, 0.3) is 0 Å². The van der Waals surface area contributed by atoms with Crippen molar-refractivity contribution in [3.8, 4) is 6.07 Å². The molecule has 0 unspecified atom stereocenters. The molecule has 3 atom stereocenters. The molecular formula is C7H10N2. The molecule has 1 heterocycles. The highest BCUT2D eigenvalue weighted by Crippen LogP contribution is 2.46. The lowest BCUT2D eigenvalue weighted by Crippen LogP contribution is -2.26. The Hall–Kier alpha value is -0.550. The van der Waals surface area contributed by atoms with Crippen molar-refractivity contribution in [2.75, 3.05) is 7.05 Å². The fraction of sp³-hybridized carbons (Fsp3) is 0.857. The van der Waals surface area contributed by atoms with Crippen LogP contribution in [0.5, 0.6) is 0 Å². The highest BCUT2D eigenvalue weighted by molar-refractivity contribution is 5.10. The standard InChI is InChI=1S/C7H10N2/c1-9-6(4-8)2-5-3-7(5)9/h5-7H,2-3H2,1H3/t5-,6+,7+/m0/s1. The van der Waals surface area contributed by atoms with Crippen molar-refractivity contribution in [2.45, 2.75) is 24.9 Å². The van der Waals surface area contributed by atoms with E-state index >= 15 is 0 Å². The van der Waals surface area contributed by atoms with Gasteiger partial charge in [-0.1, -0.05) is 0 Å². The lowest BCUT2D eigenvalue weighted by Gasteiger charge is -2.14. The van der Waals surface area contributed by atoms with Crippen LogP contribution >= 0.6 is 0 Å².